The van der Waals surface area contributed by atoms with E-state index in [-0.39, 0.29) is 13.0 Å². The Kier molecular flexibility index (Phi) is 7.79. The molecule has 10 nitrogen and oxygen atoms in total. The molecule has 0 spiro atoms. The number of aromatic nitrogens is 1. The van der Waals surface area contributed by atoms with Crippen molar-refractivity contribution in [1.82, 2.24) is 20.3 Å². The quantitative estimate of drug-likeness (QED) is 0.294. The van der Waals surface area contributed by atoms with Gasteiger partial charge in [0.2, 0.25) is 5.91 Å². The zero-order chi connectivity index (χ0) is 20.6. The summed E-state index contributed by atoms with van der Waals surface area (Å²) >= 11 is 0. The van der Waals surface area contributed by atoms with Crippen molar-refractivity contribution in [3.8, 4) is 0 Å². The van der Waals surface area contributed by atoms with Crippen LogP contribution in [0.2, 0.25) is 0 Å². The van der Waals surface area contributed by atoms with Crippen molar-refractivity contribution >= 4 is 33.1 Å². The van der Waals surface area contributed by atoms with E-state index in [0.717, 1.165) is 16.5 Å². The Labute approximate surface area is 163 Å². The molecule has 2 rings (SSSR count). The largest absolute Gasteiger partial charge is 0.465 e. The summed E-state index contributed by atoms with van der Waals surface area (Å²) in [5.74, 6) is -0.415. The zero-order valence-electron chi connectivity index (χ0n) is 15.3. The molecule has 0 aliphatic rings. The molecule has 0 aliphatic carbocycles. The molecule has 154 valence electrons. The normalized spacial score (nSPS) is 12.6. The molecule has 0 radical (unpaired) electrons. The minimum absolute atomic E-state index is 0.126. The molecule has 7 N–H and O–H groups in total. The fourth-order valence-corrected chi connectivity index (χ4v) is 3.32. The van der Waals surface area contributed by atoms with Crippen molar-refractivity contribution < 1.29 is 23.1 Å². The molecule has 0 saturated carbocycles. The lowest BCUT2D eigenvalue weighted by molar-refractivity contribution is -0.123. The lowest BCUT2D eigenvalue weighted by Crippen LogP contribution is -2.46. The van der Waals surface area contributed by atoms with E-state index in [0.29, 0.717) is 25.8 Å². The number of carbonyl (C=O) groups is 2. The number of benzene rings is 1. The lowest BCUT2D eigenvalue weighted by Gasteiger charge is -2.16. The van der Waals surface area contributed by atoms with Gasteiger partial charge in [0.15, 0.2) is 0 Å². The molecule has 28 heavy (non-hydrogen) atoms. The Morgan fingerprint density at radius 1 is 1.18 bits per heavy atom. The summed E-state index contributed by atoms with van der Waals surface area (Å²) < 4.78 is 23.7. The van der Waals surface area contributed by atoms with Crippen molar-refractivity contribution in [3.63, 3.8) is 0 Å². The molecule has 1 atom stereocenters. The van der Waals surface area contributed by atoms with E-state index in [1.165, 1.54) is 0 Å². The molecule has 1 unspecified atom stereocenters. The molecule has 1 aromatic heterocycles. The summed E-state index contributed by atoms with van der Waals surface area (Å²) in [5, 5.41) is 19.8. The lowest BCUT2D eigenvalue weighted by atomic mass is 10.1. The molecule has 0 fully saturated rings. The molecule has 2 aromatic rings. The highest BCUT2D eigenvalue weighted by Gasteiger charge is 2.19. The predicted octanol–water partition coefficient (Wildman–Crippen LogP) is 0.426. The van der Waals surface area contributed by atoms with E-state index in [1.807, 2.05) is 30.5 Å². The minimum atomic E-state index is -3.75. The molecular weight excluding hydrogens is 386 g/mol. The second kappa shape index (κ2) is 10.1. The number of hydrogen-bond donors (Lipinski definition) is 6. The van der Waals surface area contributed by atoms with Gasteiger partial charge in [0, 0.05) is 30.2 Å². The molecule has 0 aliphatic heterocycles. The van der Waals surface area contributed by atoms with Crippen LogP contribution in [-0.2, 0) is 21.4 Å². The van der Waals surface area contributed by atoms with Crippen LogP contribution in [0.25, 0.3) is 10.9 Å². The Balaban J connectivity index is 1.80. The number of para-hydroxylation sites is 1. The van der Waals surface area contributed by atoms with Gasteiger partial charge in [-0.15, -0.1) is 0 Å². The van der Waals surface area contributed by atoms with E-state index in [9.17, 15) is 18.0 Å². The monoisotopic (exact) mass is 411 g/mol. The van der Waals surface area contributed by atoms with Crippen LogP contribution in [0, 0.1) is 0 Å². The summed E-state index contributed by atoms with van der Waals surface area (Å²) in [6.45, 7) is 0.492. The Morgan fingerprint density at radius 3 is 2.64 bits per heavy atom. The van der Waals surface area contributed by atoms with Gasteiger partial charge in [0.25, 0.3) is 10.2 Å². The zero-order valence-corrected chi connectivity index (χ0v) is 16.1. The summed E-state index contributed by atoms with van der Waals surface area (Å²) in [5.41, 5.74) is 2.08. The van der Waals surface area contributed by atoms with Crippen molar-refractivity contribution in [3.05, 3.63) is 36.0 Å². The average Bonchev–Trinajstić information content (AvgIpc) is 3.02. The first-order valence-corrected chi connectivity index (χ1v) is 10.4. The maximum absolute atomic E-state index is 12.3. The maximum Gasteiger partial charge on any atom is 0.405 e. The van der Waals surface area contributed by atoms with Gasteiger partial charge in [-0.1, -0.05) is 18.2 Å². The van der Waals surface area contributed by atoms with Crippen molar-refractivity contribution in [2.45, 2.75) is 31.7 Å². The molecule has 1 heterocycles. The summed E-state index contributed by atoms with van der Waals surface area (Å²) in [4.78, 5) is 26.4. The average molecular weight is 411 g/mol. The highest BCUT2D eigenvalue weighted by Crippen LogP contribution is 2.17. The molecule has 1 aromatic carbocycles. The smallest absolute Gasteiger partial charge is 0.405 e. The number of carbonyl (C=O) groups excluding carboxylic acids is 1. The van der Waals surface area contributed by atoms with E-state index in [4.69, 9.17) is 10.2 Å². The molecular formula is C17H25N5O5S. The number of aromatic amines is 1. The number of amides is 2. The molecule has 0 bridgehead atoms. The number of nitrogens with one attached hydrogen (secondary N) is 4. The molecule has 2 amide bonds. The van der Waals surface area contributed by atoms with Crippen molar-refractivity contribution in [1.29, 1.82) is 0 Å². The number of fused-ring (bicyclic) bond motifs is 1. The van der Waals surface area contributed by atoms with Gasteiger partial charge in [-0.25, -0.2) is 14.7 Å². The van der Waals surface area contributed by atoms with Crippen LogP contribution in [0.5, 0.6) is 0 Å². The Hall–Kier alpha value is -2.63. The number of unbranched alkanes of at least 4 members (excludes halogenated alkanes) is 1. The van der Waals surface area contributed by atoms with E-state index < -0.39 is 28.3 Å². The predicted molar refractivity (Wildman–Crippen MR) is 105 cm³/mol. The standard InChI is InChI=1S/C17H25N5O5S/c18-28(26,27)21-9-4-3-7-15(22-17(24)25)16(23)19-10-8-12-11-20-14-6-2-1-5-13(12)14/h1-2,5-6,11,15,20-22H,3-4,7-10H2,(H,19,23)(H,24,25)(H2,18,26,27). The number of nitrogens with two attached hydrogens (primary N) is 1. The Morgan fingerprint density at radius 2 is 1.93 bits per heavy atom. The number of carboxylic acid groups (broad SMARTS) is 1. The van der Waals surface area contributed by atoms with E-state index in [2.05, 4.69) is 20.3 Å². The second-order valence-electron chi connectivity index (χ2n) is 6.34. The number of H-pyrrole nitrogens is 1. The van der Waals surface area contributed by atoms with Gasteiger partial charge >= 0.3 is 6.09 Å². The molecule has 0 saturated heterocycles. The highest BCUT2D eigenvalue weighted by molar-refractivity contribution is 7.87. The topological polar surface area (TPSA) is 166 Å². The van der Waals surface area contributed by atoms with Crippen LogP contribution in [0.15, 0.2) is 30.5 Å². The third-order valence-corrected chi connectivity index (χ3v) is 4.81. The van der Waals surface area contributed by atoms with Crippen LogP contribution in [-0.4, -0.2) is 49.6 Å². The fourth-order valence-electron chi connectivity index (χ4n) is 2.89. The van der Waals surface area contributed by atoms with Gasteiger partial charge in [-0.2, -0.15) is 8.42 Å². The second-order valence-corrected chi connectivity index (χ2v) is 7.72. The maximum atomic E-state index is 12.3. The van der Waals surface area contributed by atoms with E-state index in [1.54, 1.807) is 0 Å². The number of rotatable bonds is 11. The fraction of sp³-hybridized carbons (Fsp3) is 0.412. The minimum Gasteiger partial charge on any atom is -0.465 e. The summed E-state index contributed by atoms with van der Waals surface area (Å²) in [6, 6.07) is 6.93. The number of hydrogen-bond acceptors (Lipinski definition) is 4. The Bertz CT molecular complexity index is 912. The van der Waals surface area contributed by atoms with Crippen LogP contribution in [0.4, 0.5) is 4.79 Å². The third-order valence-electron chi connectivity index (χ3n) is 4.21. The highest BCUT2D eigenvalue weighted by atomic mass is 32.2. The first-order valence-electron chi connectivity index (χ1n) is 8.86. The van der Waals surface area contributed by atoms with Gasteiger partial charge < -0.3 is 20.7 Å². The van der Waals surface area contributed by atoms with Crippen LogP contribution < -0.4 is 20.5 Å². The molecule has 11 heteroatoms. The van der Waals surface area contributed by atoms with Crippen LogP contribution >= 0.6 is 0 Å². The van der Waals surface area contributed by atoms with Gasteiger partial charge in [-0.05, 0) is 37.3 Å². The SMILES string of the molecule is NS(=O)(=O)NCCCCC(NC(=O)O)C(=O)NCCc1c[nH]c2ccccc12. The van der Waals surface area contributed by atoms with Crippen molar-refractivity contribution in [2.75, 3.05) is 13.1 Å². The van der Waals surface area contributed by atoms with Gasteiger partial charge in [0.1, 0.15) is 6.04 Å². The summed E-state index contributed by atoms with van der Waals surface area (Å²) in [6.07, 6.45) is 2.33. The van der Waals surface area contributed by atoms with Crippen LogP contribution in [0.1, 0.15) is 24.8 Å². The van der Waals surface area contributed by atoms with E-state index >= 15 is 0 Å². The summed E-state index contributed by atoms with van der Waals surface area (Å²) in [7, 11) is -3.75. The van der Waals surface area contributed by atoms with Gasteiger partial charge in [0.05, 0.1) is 0 Å². The van der Waals surface area contributed by atoms with Crippen LogP contribution in [0.3, 0.4) is 0 Å². The van der Waals surface area contributed by atoms with Gasteiger partial charge in [-0.3, -0.25) is 4.79 Å². The van der Waals surface area contributed by atoms with Crippen molar-refractivity contribution in [2.24, 2.45) is 5.14 Å². The third kappa shape index (κ3) is 7.18. The first-order chi connectivity index (χ1) is 13.3. The first kappa shape index (κ1) is 21.7.